The van der Waals surface area contributed by atoms with Gasteiger partial charge in [-0.2, -0.15) is 0 Å². The molecule has 4 rings (SSSR count). The van der Waals surface area contributed by atoms with E-state index in [9.17, 15) is 4.79 Å². The number of nitrogens with zero attached hydrogens (tertiary/aromatic N) is 4. The van der Waals surface area contributed by atoms with Crippen LogP contribution in [0.3, 0.4) is 0 Å². The number of halogens is 1. The molecule has 0 saturated carbocycles. The Morgan fingerprint density at radius 3 is 2.22 bits per heavy atom. The average molecular weight is 458 g/mol. The Balaban J connectivity index is 1.45. The van der Waals surface area contributed by atoms with Gasteiger partial charge in [-0.25, -0.2) is 14.8 Å². The zero-order chi connectivity index (χ0) is 22.7. The van der Waals surface area contributed by atoms with Crippen molar-refractivity contribution < 1.29 is 19.0 Å². The lowest BCUT2D eigenvalue weighted by Crippen LogP contribution is -2.50. The molecule has 0 radical (unpaired) electrons. The third kappa shape index (κ3) is 4.57. The minimum Gasteiger partial charge on any atom is -0.497 e. The van der Waals surface area contributed by atoms with Crippen molar-refractivity contribution in [2.24, 2.45) is 0 Å². The van der Waals surface area contributed by atoms with E-state index in [4.69, 9.17) is 25.8 Å². The average Bonchev–Trinajstić information content (AvgIpc) is 2.83. The molecule has 1 saturated heterocycles. The molecule has 9 nitrogen and oxygen atoms in total. The maximum Gasteiger partial charge on any atom is 0.323 e. The first-order valence-electron chi connectivity index (χ1n) is 10.1. The molecule has 0 atom stereocenters. The van der Waals surface area contributed by atoms with E-state index in [0.29, 0.717) is 42.2 Å². The van der Waals surface area contributed by atoms with Crippen LogP contribution >= 0.6 is 11.6 Å². The van der Waals surface area contributed by atoms with Gasteiger partial charge in [0, 0.05) is 55.1 Å². The van der Waals surface area contributed by atoms with E-state index in [1.807, 2.05) is 18.2 Å². The van der Waals surface area contributed by atoms with Crippen LogP contribution in [0.5, 0.6) is 17.4 Å². The summed E-state index contributed by atoms with van der Waals surface area (Å²) >= 11 is 6.03. The first kappa shape index (κ1) is 21.8. The smallest absolute Gasteiger partial charge is 0.323 e. The van der Waals surface area contributed by atoms with E-state index in [2.05, 4.69) is 20.2 Å². The first-order chi connectivity index (χ1) is 15.5. The lowest BCUT2D eigenvalue weighted by Gasteiger charge is -2.36. The Kier molecular flexibility index (Phi) is 6.36. The number of carbonyl (C=O) groups excluding carboxylic acids is 1. The van der Waals surface area contributed by atoms with Crippen LogP contribution in [0.2, 0.25) is 5.02 Å². The van der Waals surface area contributed by atoms with Crippen molar-refractivity contribution in [3.63, 3.8) is 0 Å². The number of carbonyl (C=O) groups is 1. The van der Waals surface area contributed by atoms with Gasteiger partial charge in [-0.15, -0.1) is 0 Å². The van der Waals surface area contributed by atoms with Crippen molar-refractivity contribution in [3.05, 3.63) is 41.4 Å². The third-order valence-corrected chi connectivity index (χ3v) is 5.52. The van der Waals surface area contributed by atoms with Crippen molar-refractivity contribution in [2.45, 2.75) is 0 Å². The molecule has 10 heteroatoms. The fourth-order valence-electron chi connectivity index (χ4n) is 3.56. The second-order valence-electron chi connectivity index (χ2n) is 7.19. The van der Waals surface area contributed by atoms with Crippen LogP contribution in [0, 0.1) is 0 Å². The van der Waals surface area contributed by atoms with Gasteiger partial charge in [0.05, 0.1) is 32.4 Å². The van der Waals surface area contributed by atoms with Crippen molar-refractivity contribution in [3.8, 4) is 17.4 Å². The van der Waals surface area contributed by atoms with E-state index in [1.54, 1.807) is 37.3 Å². The molecule has 0 unspecified atom stereocenters. The van der Waals surface area contributed by atoms with Gasteiger partial charge in [0.15, 0.2) is 5.82 Å². The molecule has 1 N–H and O–H groups in total. The van der Waals surface area contributed by atoms with E-state index < -0.39 is 0 Å². The molecular weight excluding hydrogens is 434 g/mol. The number of ether oxygens (including phenoxy) is 3. The maximum absolute atomic E-state index is 12.9. The number of methoxy groups -OCH3 is 3. The van der Waals surface area contributed by atoms with Gasteiger partial charge in [-0.1, -0.05) is 11.6 Å². The molecule has 2 heterocycles. The normalized spacial score (nSPS) is 13.8. The highest BCUT2D eigenvalue weighted by Gasteiger charge is 2.24. The Morgan fingerprint density at radius 1 is 0.906 bits per heavy atom. The summed E-state index contributed by atoms with van der Waals surface area (Å²) in [6, 6.07) is 10.7. The summed E-state index contributed by atoms with van der Waals surface area (Å²) in [6.45, 7) is 2.43. The lowest BCUT2D eigenvalue weighted by atomic mass is 10.2. The lowest BCUT2D eigenvalue weighted by molar-refractivity contribution is 0.208. The largest absolute Gasteiger partial charge is 0.497 e. The highest BCUT2D eigenvalue weighted by molar-refractivity contribution is 6.31. The quantitative estimate of drug-likeness (QED) is 0.625. The Morgan fingerprint density at radius 2 is 1.59 bits per heavy atom. The molecule has 1 fully saturated rings. The van der Waals surface area contributed by atoms with Crippen molar-refractivity contribution in [1.29, 1.82) is 0 Å². The SMILES string of the molecule is COc1cc(OC)cc(N2CCN(C(=O)Nc3nc4ccc(Cl)cc4nc3OC)CC2)c1. The molecule has 1 aromatic heterocycles. The minimum absolute atomic E-state index is 0.232. The molecular formula is C22H24ClN5O4. The molecule has 1 aliphatic heterocycles. The fourth-order valence-corrected chi connectivity index (χ4v) is 3.72. The summed E-state index contributed by atoms with van der Waals surface area (Å²) in [5.74, 6) is 1.95. The van der Waals surface area contributed by atoms with Crippen LogP contribution < -0.4 is 24.4 Å². The van der Waals surface area contributed by atoms with Crippen LogP contribution in [0.1, 0.15) is 0 Å². The standard InChI is InChI=1S/C22H24ClN5O4/c1-30-16-11-15(12-17(13-16)31-2)27-6-8-28(9-7-27)22(29)26-20-21(32-3)25-19-10-14(23)4-5-18(19)24-20/h4-5,10-13H,6-9H2,1-3H3,(H,24,26,29). The summed E-state index contributed by atoms with van der Waals surface area (Å²) in [5, 5.41) is 3.38. The van der Waals surface area contributed by atoms with Crippen LogP contribution in [-0.4, -0.2) is 68.4 Å². The topological polar surface area (TPSA) is 89.1 Å². The zero-order valence-corrected chi connectivity index (χ0v) is 18.8. The van der Waals surface area contributed by atoms with Gasteiger partial charge >= 0.3 is 6.03 Å². The van der Waals surface area contributed by atoms with Crippen LogP contribution in [0.25, 0.3) is 11.0 Å². The molecule has 1 aliphatic rings. The maximum atomic E-state index is 12.9. The number of fused-ring (bicyclic) bond motifs is 1. The van der Waals surface area contributed by atoms with Crippen molar-refractivity contribution in [2.75, 3.05) is 57.7 Å². The highest BCUT2D eigenvalue weighted by Crippen LogP contribution is 2.29. The molecule has 0 spiro atoms. The summed E-state index contributed by atoms with van der Waals surface area (Å²) in [6.07, 6.45) is 0. The second-order valence-corrected chi connectivity index (χ2v) is 7.63. The summed E-state index contributed by atoms with van der Waals surface area (Å²) in [4.78, 5) is 25.7. The van der Waals surface area contributed by atoms with Crippen LogP contribution in [0.15, 0.2) is 36.4 Å². The summed E-state index contributed by atoms with van der Waals surface area (Å²) < 4.78 is 16.0. The van der Waals surface area contributed by atoms with Gasteiger partial charge in [-0.3, -0.25) is 5.32 Å². The molecule has 2 amide bonds. The van der Waals surface area contributed by atoms with E-state index >= 15 is 0 Å². The van der Waals surface area contributed by atoms with Gasteiger partial charge in [0.1, 0.15) is 11.5 Å². The van der Waals surface area contributed by atoms with Crippen LogP contribution in [-0.2, 0) is 0 Å². The predicted octanol–water partition coefficient (Wildman–Crippen LogP) is 3.66. The predicted molar refractivity (Wildman–Crippen MR) is 123 cm³/mol. The van der Waals surface area contributed by atoms with E-state index in [-0.39, 0.29) is 17.7 Å². The number of amides is 2. The van der Waals surface area contributed by atoms with Gasteiger partial charge in [0.2, 0.25) is 0 Å². The Labute approximate surface area is 190 Å². The minimum atomic E-state index is -0.256. The number of anilines is 2. The van der Waals surface area contributed by atoms with Crippen LogP contribution in [0.4, 0.5) is 16.3 Å². The second kappa shape index (κ2) is 9.35. The Bertz CT molecular complexity index is 1110. The fraction of sp³-hybridized carbons (Fsp3) is 0.318. The molecule has 168 valence electrons. The summed E-state index contributed by atoms with van der Waals surface area (Å²) in [5.41, 5.74) is 2.19. The molecule has 32 heavy (non-hydrogen) atoms. The highest BCUT2D eigenvalue weighted by atomic mass is 35.5. The van der Waals surface area contributed by atoms with Gasteiger partial charge < -0.3 is 24.0 Å². The van der Waals surface area contributed by atoms with Crippen molar-refractivity contribution >= 4 is 40.2 Å². The monoisotopic (exact) mass is 457 g/mol. The molecule has 0 aliphatic carbocycles. The van der Waals surface area contributed by atoms with Gasteiger partial charge in [-0.05, 0) is 18.2 Å². The number of aromatic nitrogens is 2. The summed E-state index contributed by atoms with van der Waals surface area (Å²) in [7, 11) is 4.73. The molecule has 2 aromatic carbocycles. The number of urea groups is 1. The number of nitrogens with one attached hydrogen (secondary N) is 1. The first-order valence-corrected chi connectivity index (χ1v) is 10.4. The van der Waals surface area contributed by atoms with Gasteiger partial charge in [0.25, 0.3) is 5.88 Å². The van der Waals surface area contributed by atoms with E-state index in [1.165, 1.54) is 7.11 Å². The number of hydrogen-bond acceptors (Lipinski definition) is 7. The number of rotatable bonds is 5. The molecule has 3 aromatic rings. The van der Waals surface area contributed by atoms with Crippen molar-refractivity contribution in [1.82, 2.24) is 14.9 Å². The number of piperazine rings is 1. The zero-order valence-electron chi connectivity index (χ0n) is 18.1. The molecule has 0 bridgehead atoms. The third-order valence-electron chi connectivity index (χ3n) is 5.28. The Hall–Kier alpha value is -3.46. The van der Waals surface area contributed by atoms with E-state index in [0.717, 1.165) is 17.2 Å². The number of hydrogen-bond donors (Lipinski definition) is 1. The number of benzene rings is 2.